The highest BCUT2D eigenvalue weighted by atomic mass is 32.2. The minimum atomic E-state index is -3.31. The number of hydrogen-bond acceptors (Lipinski definition) is 5. The van der Waals surface area contributed by atoms with Gasteiger partial charge >= 0.3 is 0 Å². The van der Waals surface area contributed by atoms with E-state index in [2.05, 4.69) is 14.9 Å². The fourth-order valence-corrected chi connectivity index (χ4v) is 2.80. The Kier molecular flexibility index (Phi) is 4.80. The highest BCUT2D eigenvalue weighted by Gasteiger charge is 2.11. The maximum atomic E-state index is 12.9. The van der Waals surface area contributed by atoms with Crippen LogP contribution in [0.15, 0.2) is 53.1 Å². The second-order valence-electron chi connectivity index (χ2n) is 5.40. The Bertz CT molecular complexity index is 952. The number of sulfonamides is 1. The van der Waals surface area contributed by atoms with E-state index in [1.165, 1.54) is 12.1 Å². The minimum Gasteiger partial charge on any atom is -0.339 e. The molecule has 0 atom stereocenters. The van der Waals surface area contributed by atoms with Crippen molar-refractivity contribution in [1.82, 2.24) is 10.1 Å². The lowest BCUT2D eigenvalue weighted by Gasteiger charge is -2.05. The molecule has 3 rings (SSSR count). The van der Waals surface area contributed by atoms with Gasteiger partial charge < -0.3 is 4.52 Å². The van der Waals surface area contributed by atoms with Crippen molar-refractivity contribution in [2.24, 2.45) is 0 Å². The largest absolute Gasteiger partial charge is 0.339 e. The molecule has 0 bridgehead atoms. The predicted octanol–water partition coefficient (Wildman–Crippen LogP) is 3.23. The van der Waals surface area contributed by atoms with Crippen molar-refractivity contribution in [1.29, 1.82) is 0 Å². The Labute approximate surface area is 144 Å². The Balaban J connectivity index is 1.72. The maximum Gasteiger partial charge on any atom is 0.232 e. The molecule has 3 aromatic rings. The zero-order chi connectivity index (χ0) is 17.9. The maximum absolute atomic E-state index is 12.9. The van der Waals surface area contributed by atoms with Gasteiger partial charge in [0.2, 0.25) is 21.7 Å². The summed E-state index contributed by atoms with van der Waals surface area (Å²) in [6, 6.07) is 12.8. The normalized spacial score (nSPS) is 11.4. The lowest BCUT2D eigenvalue weighted by Crippen LogP contribution is -2.14. The van der Waals surface area contributed by atoms with E-state index in [4.69, 9.17) is 4.52 Å². The van der Waals surface area contributed by atoms with Crippen LogP contribution in [0, 0.1) is 5.82 Å². The average Bonchev–Trinajstić information content (AvgIpc) is 3.06. The quantitative estimate of drug-likeness (QED) is 0.729. The molecule has 0 amide bonds. The van der Waals surface area contributed by atoms with Crippen molar-refractivity contribution in [3.63, 3.8) is 0 Å². The molecular weight excluding hydrogens is 345 g/mol. The van der Waals surface area contributed by atoms with Crippen LogP contribution in [0.5, 0.6) is 0 Å². The number of halogens is 1. The summed E-state index contributed by atoms with van der Waals surface area (Å²) in [5, 5.41) is 3.92. The molecule has 0 aliphatic heterocycles. The molecule has 8 heteroatoms. The number of hydrogen-bond donors (Lipinski definition) is 1. The third-order valence-electron chi connectivity index (χ3n) is 3.53. The summed E-state index contributed by atoms with van der Waals surface area (Å²) in [7, 11) is -3.31. The molecule has 0 aliphatic rings. The number of anilines is 1. The zero-order valence-electron chi connectivity index (χ0n) is 13.4. The van der Waals surface area contributed by atoms with E-state index in [0.717, 1.165) is 5.56 Å². The molecule has 0 unspecified atom stereocenters. The first-order valence-corrected chi connectivity index (χ1v) is 9.28. The summed E-state index contributed by atoms with van der Waals surface area (Å²) in [6.45, 7) is 1.57. The van der Waals surface area contributed by atoms with Crippen LogP contribution in [0.3, 0.4) is 0 Å². The van der Waals surface area contributed by atoms with Gasteiger partial charge in [0, 0.05) is 11.3 Å². The van der Waals surface area contributed by atoms with E-state index >= 15 is 0 Å². The van der Waals surface area contributed by atoms with Crippen LogP contribution < -0.4 is 4.72 Å². The summed E-state index contributed by atoms with van der Waals surface area (Å²) in [6.07, 6.45) is 0.404. The molecular formula is C17H16FN3O3S. The zero-order valence-corrected chi connectivity index (χ0v) is 14.3. The van der Waals surface area contributed by atoms with Crippen molar-refractivity contribution in [2.75, 3.05) is 10.5 Å². The second kappa shape index (κ2) is 7.02. The Morgan fingerprint density at radius 1 is 1.08 bits per heavy atom. The number of benzene rings is 2. The first-order chi connectivity index (χ1) is 11.9. The number of nitrogens with zero attached hydrogens (tertiary/aromatic N) is 2. The SMILES string of the molecule is CCS(=O)(=O)Nc1ccc(-c2noc(Cc3ccc(F)cc3)n2)cc1. The summed E-state index contributed by atoms with van der Waals surface area (Å²) >= 11 is 0. The molecule has 2 aromatic carbocycles. The predicted molar refractivity (Wildman–Crippen MR) is 92.0 cm³/mol. The summed E-state index contributed by atoms with van der Waals surface area (Å²) in [5.41, 5.74) is 2.04. The molecule has 1 aromatic heterocycles. The van der Waals surface area contributed by atoms with Gasteiger partial charge in [-0.25, -0.2) is 12.8 Å². The van der Waals surface area contributed by atoms with Gasteiger partial charge in [0.25, 0.3) is 0 Å². The third kappa shape index (κ3) is 4.42. The molecule has 6 nitrogen and oxygen atoms in total. The average molecular weight is 361 g/mol. The first kappa shape index (κ1) is 17.1. The van der Waals surface area contributed by atoms with Crippen LogP contribution >= 0.6 is 0 Å². The fraction of sp³-hybridized carbons (Fsp3) is 0.176. The second-order valence-corrected chi connectivity index (χ2v) is 7.41. The van der Waals surface area contributed by atoms with Gasteiger partial charge in [-0.3, -0.25) is 4.72 Å². The van der Waals surface area contributed by atoms with Gasteiger partial charge in [-0.2, -0.15) is 4.98 Å². The lowest BCUT2D eigenvalue weighted by atomic mass is 10.1. The van der Waals surface area contributed by atoms with Crippen molar-refractivity contribution < 1.29 is 17.3 Å². The molecule has 0 radical (unpaired) electrons. The number of aromatic nitrogens is 2. The molecule has 130 valence electrons. The Morgan fingerprint density at radius 2 is 1.76 bits per heavy atom. The van der Waals surface area contributed by atoms with Gasteiger partial charge in [0.05, 0.1) is 12.2 Å². The van der Waals surface area contributed by atoms with E-state index in [9.17, 15) is 12.8 Å². The van der Waals surface area contributed by atoms with Gasteiger partial charge in [-0.15, -0.1) is 0 Å². The summed E-state index contributed by atoms with van der Waals surface area (Å²) in [4.78, 5) is 4.31. The highest BCUT2D eigenvalue weighted by molar-refractivity contribution is 7.92. The van der Waals surface area contributed by atoms with E-state index < -0.39 is 10.0 Å². The van der Waals surface area contributed by atoms with Crippen LogP contribution in [-0.2, 0) is 16.4 Å². The first-order valence-electron chi connectivity index (χ1n) is 7.63. The van der Waals surface area contributed by atoms with Crippen LogP contribution in [-0.4, -0.2) is 24.3 Å². The standard InChI is InChI=1S/C17H16FN3O3S/c1-2-25(22,23)21-15-9-5-13(6-10-15)17-19-16(24-20-17)11-12-3-7-14(18)8-4-12/h3-10,21H,2,11H2,1H3. The van der Waals surface area contributed by atoms with Crippen molar-refractivity contribution in [2.45, 2.75) is 13.3 Å². The molecule has 0 fully saturated rings. The van der Waals surface area contributed by atoms with Gasteiger partial charge in [0.15, 0.2) is 0 Å². The van der Waals surface area contributed by atoms with Crippen LogP contribution in [0.1, 0.15) is 18.4 Å². The molecule has 0 spiro atoms. The molecule has 1 N–H and O–H groups in total. The molecule has 0 saturated heterocycles. The lowest BCUT2D eigenvalue weighted by molar-refractivity contribution is 0.385. The van der Waals surface area contributed by atoms with Gasteiger partial charge in [0.1, 0.15) is 5.82 Å². The van der Waals surface area contributed by atoms with Crippen molar-refractivity contribution in [3.05, 3.63) is 65.8 Å². The minimum absolute atomic E-state index is 0.00629. The summed E-state index contributed by atoms with van der Waals surface area (Å²) < 4.78 is 43.7. The van der Waals surface area contributed by atoms with Crippen LogP contribution in [0.2, 0.25) is 0 Å². The molecule has 0 aliphatic carbocycles. The van der Waals surface area contributed by atoms with Crippen molar-refractivity contribution >= 4 is 15.7 Å². The smallest absolute Gasteiger partial charge is 0.232 e. The Morgan fingerprint density at radius 3 is 2.40 bits per heavy atom. The summed E-state index contributed by atoms with van der Waals surface area (Å²) in [5.74, 6) is 0.528. The van der Waals surface area contributed by atoms with Crippen molar-refractivity contribution in [3.8, 4) is 11.4 Å². The topological polar surface area (TPSA) is 85.1 Å². The van der Waals surface area contributed by atoms with E-state index in [1.807, 2.05) is 0 Å². The van der Waals surface area contributed by atoms with Crippen LogP contribution in [0.25, 0.3) is 11.4 Å². The molecule has 0 saturated carbocycles. The van der Waals surface area contributed by atoms with Crippen LogP contribution in [0.4, 0.5) is 10.1 Å². The van der Waals surface area contributed by atoms with E-state index in [-0.39, 0.29) is 11.6 Å². The molecule has 25 heavy (non-hydrogen) atoms. The highest BCUT2D eigenvalue weighted by Crippen LogP contribution is 2.20. The fourth-order valence-electron chi connectivity index (χ4n) is 2.16. The van der Waals surface area contributed by atoms with Gasteiger partial charge in [-0.1, -0.05) is 17.3 Å². The van der Waals surface area contributed by atoms with Gasteiger partial charge in [-0.05, 0) is 48.9 Å². The third-order valence-corrected chi connectivity index (χ3v) is 4.84. The molecule has 1 heterocycles. The Hall–Kier alpha value is -2.74. The van der Waals surface area contributed by atoms with E-state index in [1.54, 1.807) is 43.3 Å². The monoisotopic (exact) mass is 361 g/mol. The number of rotatable bonds is 6. The number of nitrogens with one attached hydrogen (secondary N) is 1. The van der Waals surface area contributed by atoms with E-state index in [0.29, 0.717) is 29.4 Å².